The first-order chi connectivity index (χ1) is 10.8. The monoisotopic (exact) mass is 303 g/mol. The van der Waals surface area contributed by atoms with E-state index in [4.69, 9.17) is 9.47 Å². The Hall–Kier alpha value is -1.91. The molecule has 0 saturated heterocycles. The number of nitrogens with one attached hydrogen (secondary N) is 2. The molecule has 22 heavy (non-hydrogen) atoms. The maximum absolute atomic E-state index is 5.73. The number of hydrogen-bond donors (Lipinski definition) is 2. The van der Waals surface area contributed by atoms with Crippen LogP contribution in [-0.2, 0) is 6.54 Å². The smallest absolute Gasteiger partial charge is 0.191 e. The number of nitrogens with zero attached hydrogens (tertiary/aromatic N) is 1. The first kappa shape index (κ1) is 15.0. The molecule has 0 aromatic heterocycles. The third-order valence-electron chi connectivity index (χ3n) is 4.19. The van der Waals surface area contributed by atoms with Gasteiger partial charge >= 0.3 is 0 Å². The van der Waals surface area contributed by atoms with E-state index in [0.717, 1.165) is 43.6 Å². The predicted molar refractivity (Wildman–Crippen MR) is 87.6 cm³/mol. The predicted octanol–water partition coefficient (Wildman–Crippen LogP) is 2.46. The van der Waals surface area contributed by atoms with Gasteiger partial charge in [-0.1, -0.05) is 18.9 Å². The molecule has 1 saturated carbocycles. The van der Waals surface area contributed by atoms with E-state index in [1.165, 1.54) is 31.2 Å². The highest BCUT2D eigenvalue weighted by Gasteiger charge is 2.16. The Morgan fingerprint density at radius 1 is 1.14 bits per heavy atom. The van der Waals surface area contributed by atoms with Crippen LogP contribution in [0.2, 0.25) is 0 Å². The number of aliphatic imine (C=N–C) groups is 1. The van der Waals surface area contributed by atoms with E-state index in [9.17, 15) is 0 Å². The summed E-state index contributed by atoms with van der Waals surface area (Å²) >= 11 is 0. The summed E-state index contributed by atoms with van der Waals surface area (Å²) in [4.78, 5) is 4.31. The third kappa shape index (κ3) is 3.84. The number of rotatable bonds is 3. The van der Waals surface area contributed by atoms with E-state index in [2.05, 4.69) is 27.8 Å². The molecule has 120 valence electrons. The van der Waals surface area contributed by atoms with Gasteiger partial charge in [0.2, 0.25) is 0 Å². The van der Waals surface area contributed by atoms with E-state index in [1.54, 1.807) is 0 Å². The van der Waals surface area contributed by atoms with Gasteiger partial charge in [-0.15, -0.1) is 0 Å². The molecule has 0 radical (unpaired) electrons. The van der Waals surface area contributed by atoms with Crippen molar-refractivity contribution >= 4 is 5.96 Å². The second kappa shape index (κ2) is 7.38. The molecule has 5 heteroatoms. The van der Waals surface area contributed by atoms with Crippen LogP contribution < -0.4 is 20.1 Å². The minimum atomic E-state index is 0.565. The summed E-state index contributed by atoms with van der Waals surface area (Å²) in [6, 6.07) is 6.68. The molecular formula is C17H25N3O2. The largest absolute Gasteiger partial charge is 0.490 e. The van der Waals surface area contributed by atoms with Gasteiger partial charge in [-0.05, 0) is 30.5 Å². The van der Waals surface area contributed by atoms with Crippen molar-refractivity contribution in [1.82, 2.24) is 10.6 Å². The Morgan fingerprint density at radius 2 is 1.91 bits per heavy atom. The maximum Gasteiger partial charge on any atom is 0.191 e. The Labute approximate surface area is 132 Å². The van der Waals surface area contributed by atoms with Crippen molar-refractivity contribution in [3.8, 4) is 11.5 Å². The van der Waals surface area contributed by atoms with Gasteiger partial charge in [0.15, 0.2) is 17.5 Å². The van der Waals surface area contributed by atoms with Crippen molar-refractivity contribution < 1.29 is 9.47 Å². The molecule has 1 aliphatic heterocycles. The molecule has 1 aromatic carbocycles. The zero-order valence-corrected chi connectivity index (χ0v) is 13.2. The standard InChI is InChI=1S/C17H25N3O2/c1-18-17(20-14-5-2-3-6-14)19-12-13-7-8-15-16(11-13)22-10-4-9-21-15/h7-8,11,14H,2-6,9-10,12H2,1H3,(H2,18,19,20). The highest BCUT2D eigenvalue weighted by molar-refractivity contribution is 5.80. The summed E-state index contributed by atoms with van der Waals surface area (Å²) < 4.78 is 11.4. The summed E-state index contributed by atoms with van der Waals surface area (Å²) in [6.45, 7) is 2.17. The van der Waals surface area contributed by atoms with E-state index < -0.39 is 0 Å². The number of benzene rings is 1. The molecule has 0 amide bonds. The minimum absolute atomic E-state index is 0.565. The van der Waals surface area contributed by atoms with Gasteiger partial charge < -0.3 is 20.1 Å². The quantitative estimate of drug-likeness (QED) is 0.665. The lowest BCUT2D eigenvalue weighted by atomic mass is 10.2. The van der Waals surface area contributed by atoms with Gasteiger partial charge in [0.1, 0.15) is 0 Å². The lowest BCUT2D eigenvalue weighted by molar-refractivity contribution is 0.297. The van der Waals surface area contributed by atoms with Crippen molar-refractivity contribution in [2.75, 3.05) is 20.3 Å². The molecule has 0 unspecified atom stereocenters. The summed E-state index contributed by atoms with van der Waals surface area (Å²) in [5, 5.41) is 6.87. The van der Waals surface area contributed by atoms with Gasteiger partial charge in [0, 0.05) is 26.1 Å². The zero-order chi connectivity index (χ0) is 15.2. The fourth-order valence-corrected chi connectivity index (χ4v) is 2.96. The molecule has 1 aliphatic carbocycles. The van der Waals surface area contributed by atoms with Gasteiger partial charge in [0.05, 0.1) is 13.2 Å². The Kier molecular flexibility index (Phi) is 5.03. The fourth-order valence-electron chi connectivity index (χ4n) is 2.96. The Bertz CT molecular complexity index is 525. The van der Waals surface area contributed by atoms with Gasteiger partial charge in [-0.25, -0.2) is 0 Å². The molecular weight excluding hydrogens is 278 g/mol. The lowest BCUT2D eigenvalue weighted by Gasteiger charge is -2.17. The summed E-state index contributed by atoms with van der Waals surface area (Å²) in [6.07, 6.45) is 6.04. The highest BCUT2D eigenvalue weighted by Crippen LogP contribution is 2.30. The first-order valence-electron chi connectivity index (χ1n) is 8.21. The van der Waals surface area contributed by atoms with Crippen molar-refractivity contribution in [3.63, 3.8) is 0 Å². The van der Waals surface area contributed by atoms with Crippen molar-refractivity contribution in [3.05, 3.63) is 23.8 Å². The van der Waals surface area contributed by atoms with Crippen molar-refractivity contribution in [1.29, 1.82) is 0 Å². The maximum atomic E-state index is 5.73. The molecule has 2 aliphatic rings. The zero-order valence-electron chi connectivity index (χ0n) is 13.2. The average Bonchev–Trinajstić information content (AvgIpc) is 2.94. The van der Waals surface area contributed by atoms with Gasteiger partial charge in [-0.3, -0.25) is 4.99 Å². The summed E-state index contributed by atoms with van der Waals surface area (Å²) in [5.41, 5.74) is 1.17. The second-order valence-electron chi connectivity index (χ2n) is 5.88. The van der Waals surface area contributed by atoms with E-state index in [1.807, 2.05) is 13.1 Å². The Morgan fingerprint density at radius 3 is 2.68 bits per heavy atom. The Balaban J connectivity index is 1.57. The van der Waals surface area contributed by atoms with Crippen LogP contribution >= 0.6 is 0 Å². The molecule has 1 fully saturated rings. The van der Waals surface area contributed by atoms with E-state index in [0.29, 0.717) is 6.04 Å². The number of guanidine groups is 1. The lowest BCUT2D eigenvalue weighted by Crippen LogP contribution is -2.41. The van der Waals surface area contributed by atoms with E-state index in [-0.39, 0.29) is 0 Å². The molecule has 0 bridgehead atoms. The topological polar surface area (TPSA) is 54.9 Å². The second-order valence-corrected chi connectivity index (χ2v) is 5.88. The first-order valence-corrected chi connectivity index (χ1v) is 8.21. The molecule has 0 spiro atoms. The number of hydrogen-bond acceptors (Lipinski definition) is 3. The molecule has 3 rings (SSSR count). The SMILES string of the molecule is CN=C(NCc1ccc2c(c1)OCCCO2)NC1CCCC1. The van der Waals surface area contributed by atoms with Crippen LogP contribution in [0.4, 0.5) is 0 Å². The normalized spacial score (nSPS) is 18.9. The minimum Gasteiger partial charge on any atom is -0.490 e. The fraction of sp³-hybridized carbons (Fsp3) is 0.588. The number of fused-ring (bicyclic) bond motifs is 1. The van der Waals surface area contributed by atoms with Crippen LogP contribution in [0.3, 0.4) is 0 Å². The van der Waals surface area contributed by atoms with Gasteiger partial charge in [0.25, 0.3) is 0 Å². The summed E-state index contributed by atoms with van der Waals surface area (Å²) in [7, 11) is 1.82. The van der Waals surface area contributed by atoms with Crippen LogP contribution in [0.1, 0.15) is 37.7 Å². The van der Waals surface area contributed by atoms with Crippen LogP contribution in [0.25, 0.3) is 0 Å². The molecule has 2 N–H and O–H groups in total. The molecule has 0 atom stereocenters. The highest BCUT2D eigenvalue weighted by atomic mass is 16.5. The molecule has 5 nitrogen and oxygen atoms in total. The molecule has 1 aromatic rings. The average molecular weight is 303 g/mol. The van der Waals surface area contributed by atoms with Crippen molar-refractivity contribution in [2.24, 2.45) is 4.99 Å². The van der Waals surface area contributed by atoms with Gasteiger partial charge in [-0.2, -0.15) is 0 Å². The van der Waals surface area contributed by atoms with Crippen LogP contribution in [-0.4, -0.2) is 32.3 Å². The summed E-state index contributed by atoms with van der Waals surface area (Å²) in [5.74, 6) is 2.56. The van der Waals surface area contributed by atoms with E-state index >= 15 is 0 Å². The van der Waals surface area contributed by atoms with Crippen LogP contribution in [0, 0.1) is 0 Å². The van der Waals surface area contributed by atoms with Crippen LogP contribution in [0.5, 0.6) is 11.5 Å². The number of ether oxygens (including phenoxy) is 2. The van der Waals surface area contributed by atoms with Crippen LogP contribution in [0.15, 0.2) is 23.2 Å². The van der Waals surface area contributed by atoms with Crippen molar-refractivity contribution in [2.45, 2.75) is 44.7 Å². The third-order valence-corrected chi connectivity index (χ3v) is 4.19. The molecule has 1 heterocycles.